The molecule has 0 saturated carbocycles. The molecule has 0 heterocycles. The number of nitrogens with one attached hydrogen (secondary N) is 1. The molecule has 39 heavy (non-hydrogen) atoms. The van der Waals surface area contributed by atoms with Crippen LogP contribution in [0.4, 0.5) is 10.1 Å². The smallest absolute Gasteiger partial charge is 0.264 e. The van der Waals surface area contributed by atoms with Gasteiger partial charge in [0.15, 0.2) is 0 Å². The third kappa shape index (κ3) is 7.36. The Morgan fingerprint density at radius 3 is 2.15 bits per heavy atom. The van der Waals surface area contributed by atoms with E-state index in [2.05, 4.69) is 5.32 Å². The molecule has 3 rings (SSSR count). The molecule has 1 N–H and O–H groups in total. The number of nitrogens with zero attached hydrogens (tertiary/aromatic N) is 2. The van der Waals surface area contributed by atoms with Crippen LogP contribution in [0, 0.1) is 19.7 Å². The van der Waals surface area contributed by atoms with Crippen LogP contribution in [-0.4, -0.2) is 44.3 Å². The fraction of sp³-hybridized carbons (Fsp3) is 0.310. The molecule has 10 heteroatoms. The molecule has 208 valence electrons. The Morgan fingerprint density at radius 2 is 1.59 bits per heavy atom. The van der Waals surface area contributed by atoms with Gasteiger partial charge in [-0.3, -0.25) is 13.9 Å². The Morgan fingerprint density at radius 1 is 0.949 bits per heavy atom. The van der Waals surface area contributed by atoms with E-state index >= 15 is 0 Å². The lowest BCUT2D eigenvalue weighted by atomic mass is 10.1. The summed E-state index contributed by atoms with van der Waals surface area (Å²) in [5, 5.41) is 3.13. The van der Waals surface area contributed by atoms with Crippen molar-refractivity contribution in [2.45, 2.75) is 51.6 Å². The Balaban J connectivity index is 2.08. The van der Waals surface area contributed by atoms with Gasteiger partial charge in [-0.1, -0.05) is 36.7 Å². The lowest BCUT2D eigenvalue weighted by Gasteiger charge is -2.33. The lowest BCUT2D eigenvalue weighted by molar-refractivity contribution is -0.140. The molecular formula is C29H33ClFN3O4S. The molecule has 0 bridgehead atoms. The molecule has 0 saturated heterocycles. The third-order valence-electron chi connectivity index (χ3n) is 6.46. The van der Waals surface area contributed by atoms with E-state index in [1.807, 2.05) is 13.8 Å². The summed E-state index contributed by atoms with van der Waals surface area (Å²) >= 11 is 5.98. The van der Waals surface area contributed by atoms with Crippen molar-refractivity contribution in [2.75, 3.05) is 17.4 Å². The first kappa shape index (κ1) is 30.1. The number of benzene rings is 3. The van der Waals surface area contributed by atoms with E-state index in [9.17, 15) is 22.4 Å². The third-order valence-corrected chi connectivity index (χ3v) is 8.50. The van der Waals surface area contributed by atoms with Crippen LogP contribution in [0.5, 0.6) is 0 Å². The number of hydrogen-bond acceptors (Lipinski definition) is 4. The number of amides is 2. The van der Waals surface area contributed by atoms with E-state index < -0.39 is 34.3 Å². The highest BCUT2D eigenvalue weighted by Crippen LogP contribution is 2.27. The van der Waals surface area contributed by atoms with Crippen molar-refractivity contribution in [3.63, 3.8) is 0 Å². The van der Waals surface area contributed by atoms with Crippen molar-refractivity contribution < 1.29 is 22.4 Å². The van der Waals surface area contributed by atoms with Crippen LogP contribution in [0.2, 0.25) is 5.02 Å². The van der Waals surface area contributed by atoms with Gasteiger partial charge in [0.1, 0.15) is 18.4 Å². The van der Waals surface area contributed by atoms with Crippen molar-refractivity contribution in [1.29, 1.82) is 0 Å². The quantitative estimate of drug-likeness (QED) is 0.340. The van der Waals surface area contributed by atoms with Crippen LogP contribution in [-0.2, 0) is 26.2 Å². The summed E-state index contributed by atoms with van der Waals surface area (Å²) in [6.45, 7) is 7.13. The fourth-order valence-electron chi connectivity index (χ4n) is 4.14. The van der Waals surface area contributed by atoms with Crippen LogP contribution in [0.1, 0.15) is 37.0 Å². The molecule has 1 atom stereocenters. The number of aryl methyl sites for hydroxylation is 2. The van der Waals surface area contributed by atoms with E-state index in [1.165, 1.54) is 53.4 Å². The van der Waals surface area contributed by atoms with Gasteiger partial charge in [-0.05, 0) is 92.4 Å². The van der Waals surface area contributed by atoms with Crippen LogP contribution < -0.4 is 9.62 Å². The van der Waals surface area contributed by atoms with E-state index in [-0.39, 0.29) is 17.3 Å². The van der Waals surface area contributed by atoms with Gasteiger partial charge in [-0.2, -0.15) is 0 Å². The Labute approximate surface area is 234 Å². The number of carbonyl (C=O) groups is 2. The number of likely N-dealkylation sites (N-methyl/N-ethyl adjacent to an activating group) is 1. The zero-order chi connectivity index (χ0) is 28.7. The van der Waals surface area contributed by atoms with Crippen molar-refractivity contribution in [3.05, 3.63) is 94.3 Å². The Bertz CT molecular complexity index is 1410. The zero-order valence-electron chi connectivity index (χ0n) is 22.4. The second-order valence-corrected chi connectivity index (χ2v) is 11.5. The molecule has 0 aliphatic heterocycles. The second-order valence-electron chi connectivity index (χ2n) is 9.20. The standard InChI is InChI=1S/C29H33ClFN3O4S/c1-5-27(29(36)32-6-2)33(18-22-8-12-24(31)13-9-22)28(35)19-34(25-14-7-20(3)21(4)17-25)39(37,38)26-15-10-23(30)11-16-26/h7-17,27H,5-6,18-19H2,1-4H3,(H,32,36)/t27-/m1/s1. The van der Waals surface area contributed by atoms with Crippen molar-refractivity contribution >= 4 is 39.1 Å². The molecule has 0 radical (unpaired) electrons. The number of hydrogen-bond donors (Lipinski definition) is 1. The van der Waals surface area contributed by atoms with Gasteiger partial charge in [-0.25, -0.2) is 12.8 Å². The van der Waals surface area contributed by atoms with Gasteiger partial charge >= 0.3 is 0 Å². The van der Waals surface area contributed by atoms with Crippen molar-refractivity contribution in [1.82, 2.24) is 10.2 Å². The van der Waals surface area contributed by atoms with Crippen LogP contribution in [0.3, 0.4) is 0 Å². The average molecular weight is 574 g/mol. The molecule has 2 amide bonds. The highest BCUT2D eigenvalue weighted by Gasteiger charge is 2.33. The first-order valence-electron chi connectivity index (χ1n) is 12.6. The van der Waals surface area contributed by atoms with Crippen LogP contribution in [0.15, 0.2) is 71.6 Å². The normalized spacial score (nSPS) is 12.1. The Kier molecular flexibility index (Phi) is 10.1. The maximum Gasteiger partial charge on any atom is 0.264 e. The number of anilines is 1. The largest absolute Gasteiger partial charge is 0.355 e. The van der Waals surface area contributed by atoms with Gasteiger partial charge < -0.3 is 10.2 Å². The molecule has 3 aromatic rings. The maximum absolute atomic E-state index is 13.9. The molecule has 0 fully saturated rings. The summed E-state index contributed by atoms with van der Waals surface area (Å²) in [7, 11) is -4.19. The highest BCUT2D eigenvalue weighted by atomic mass is 35.5. The van der Waals surface area contributed by atoms with Crippen LogP contribution in [0.25, 0.3) is 0 Å². The van der Waals surface area contributed by atoms with Gasteiger partial charge in [-0.15, -0.1) is 0 Å². The molecule has 0 aliphatic carbocycles. The number of sulfonamides is 1. The molecule has 3 aromatic carbocycles. The van der Waals surface area contributed by atoms with E-state index in [1.54, 1.807) is 32.0 Å². The summed E-state index contributed by atoms with van der Waals surface area (Å²) in [6.07, 6.45) is 0.298. The minimum Gasteiger partial charge on any atom is -0.355 e. The summed E-state index contributed by atoms with van der Waals surface area (Å²) < 4.78 is 42.3. The van der Waals surface area contributed by atoms with Crippen molar-refractivity contribution in [2.24, 2.45) is 0 Å². The van der Waals surface area contributed by atoms with Gasteiger partial charge in [0.25, 0.3) is 10.0 Å². The first-order chi connectivity index (χ1) is 18.5. The topological polar surface area (TPSA) is 86.8 Å². The van der Waals surface area contributed by atoms with Gasteiger partial charge in [0.05, 0.1) is 10.6 Å². The number of carbonyl (C=O) groups excluding carboxylic acids is 2. The number of rotatable bonds is 11. The van der Waals surface area contributed by atoms with Gasteiger partial charge in [0.2, 0.25) is 11.8 Å². The fourth-order valence-corrected chi connectivity index (χ4v) is 5.67. The minimum absolute atomic E-state index is 0.00346. The van der Waals surface area contributed by atoms with E-state index in [0.717, 1.165) is 15.4 Å². The van der Waals surface area contributed by atoms with E-state index in [4.69, 9.17) is 11.6 Å². The zero-order valence-corrected chi connectivity index (χ0v) is 24.0. The second kappa shape index (κ2) is 13.1. The predicted molar refractivity (Wildman–Crippen MR) is 152 cm³/mol. The first-order valence-corrected chi connectivity index (χ1v) is 14.5. The maximum atomic E-state index is 13.9. The SMILES string of the molecule is CCNC(=O)[C@@H](CC)N(Cc1ccc(F)cc1)C(=O)CN(c1ccc(C)c(C)c1)S(=O)(=O)c1ccc(Cl)cc1. The van der Waals surface area contributed by atoms with Crippen molar-refractivity contribution in [3.8, 4) is 0 Å². The lowest BCUT2D eigenvalue weighted by Crippen LogP contribution is -2.52. The minimum atomic E-state index is -4.19. The monoisotopic (exact) mass is 573 g/mol. The predicted octanol–water partition coefficient (Wildman–Crippen LogP) is 5.23. The average Bonchev–Trinajstić information content (AvgIpc) is 2.90. The molecule has 0 unspecified atom stereocenters. The number of halogens is 2. The summed E-state index contributed by atoms with van der Waals surface area (Å²) in [4.78, 5) is 28.2. The molecule has 0 aromatic heterocycles. The van der Waals surface area contributed by atoms with E-state index in [0.29, 0.717) is 29.2 Å². The molecular weight excluding hydrogens is 541 g/mol. The van der Waals surface area contributed by atoms with Crippen LogP contribution >= 0.6 is 11.6 Å². The summed E-state index contributed by atoms with van der Waals surface area (Å²) in [5.41, 5.74) is 2.74. The molecule has 0 aliphatic rings. The Hall–Kier alpha value is -3.43. The molecule has 7 nitrogen and oxygen atoms in total. The molecule has 0 spiro atoms. The summed E-state index contributed by atoms with van der Waals surface area (Å²) in [5.74, 6) is -1.36. The summed E-state index contributed by atoms with van der Waals surface area (Å²) in [6, 6.07) is 15.6. The van der Waals surface area contributed by atoms with Gasteiger partial charge in [0, 0.05) is 18.1 Å². The highest BCUT2D eigenvalue weighted by molar-refractivity contribution is 7.92.